The third-order valence-electron chi connectivity index (χ3n) is 4.25. The molecule has 1 heterocycles. The van der Waals surface area contributed by atoms with Crippen LogP contribution in [0.2, 0.25) is 0 Å². The SMILES string of the molecule is Cc1cccc(-c2nc3ccccc3n2Cc2ccc(N)cc2)c1. The highest BCUT2D eigenvalue weighted by Crippen LogP contribution is 2.26. The van der Waals surface area contributed by atoms with Gasteiger partial charge in [0.15, 0.2) is 0 Å². The predicted molar refractivity (Wildman–Crippen MR) is 99.9 cm³/mol. The highest BCUT2D eigenvalue weighted by molar-refractivity contribution is 5.80. The van der Waals surface area contributed by atoms with Gasteiger partial charge in [-0.1, -0.05) is 48.0 Å². The molecule has 0 bridgehead atoms. The largest absolute Gasteiger partial charge is 0.399 e. The van der Waals surface area contributed by atoms with E-state index in [1.165, 1.54) is 11.1 Å². The van der Waals surface area contributed by atoms with Gasteiger partial charge < -0.3 is 10.3 Å². The van der Waals surface area contributed by atoms with Crippen molar-refractivity contribution in [2.75, 3.05) is 5.73 Å². The molecule has 4 rings (SSSR count). The molecule has 0 unspecified atom stereocenters. The van der Waals surface area contributed by atoms with Crippen LogP contribution in [0.25, 0.3) is 22.4 Å². The zero-order valence-corrected chi connectivity index (χ0v) is 13.6. The smallest absolute Gasteiger partial charge is 0.141 e. The van der Waals surface area contributed by atoms with Gasteiger partial charge in [0.25, 0.3) is 0 Å². The summed E-state index contributed by atoms with van der Waals surface area (Å²) in [7, 11) is 0. The average Bonchev–Trinajstić information content (AvgIpc) is 2.96. The van der Waals surface area contributed by atoms with Crippen molar-refractivity contribution in [2.45, 2.75) is 13.5 Å². The molecule has 0 aliphatic rings. The fourth-order valence-corrected chi connectivity index (χ4v) is 3.05. The number of anilines is 1. The van der Waals surface area contributed by atoms with E-state index >= 15 is 0 Å². The number of hydrogen-bond acceptors (Lipinski definition) is 2. The minimum absolute atomic E-state index is 0.768. The van der Waals surface area contributed by atoms with Crippen LogP contribution < -0.4 is 5.73 Å². The van der Waals surface area contributed by atoms with E-state index in [-0.39, 0.29) is 0 Å². The zero-order valence-electron chi connectivity index (χ0n) is 13.6. The number of nitrogens with zero attached hydrogens (tertiary/aromatic N) is 2. The molecule has 3 heteroatoms. The van der Waals surface area contributed by atoms with Crippen LogP contribution in [-0.4, -0.2) is 9.55 Å². The van der Waals surface area contributed by atoms with Crippen molar-refractivity contribution >= 4 is 16.7 Å². The predicted octanol–water partition coefficient (Wildman–Crippen LogP) is 4.64. The van der Waals surface area contributed by atoms with Crippen LogP contribution in [0.4, 0.5) is 5.69 Å². The number of nitrogens with two attached hydrogens (primary N) is 1. The first-order valence-corrected chi connectivity index (χ1v) is 8.07. The van der Waals surface area contributed by atoms with Gasteiger partial charge in [-0.3, -0.25) is 0 Å². The number of imidazole rings is 1. The summed E-state index contributed by atoms with van der Waals surface area (Å²) in [5.74, 6) is 0.997. The number of benzene rings is 3. The molecule has 3 aromatic carbocycles. The number of aromatic nitrogens is 2. The normalized spacial score (nSPS) is 11.0. The van der Waals surface area contributed by atoms with Crippen LogP contribution in [-0.2, 0) is 6.54 Å². The van der Waals surface area contributed by atoms with Crippen LogP contribution in [0.3, 0.4) is 0 Å². The first-order chi connectivity index (χ1) is 11.7. The maximum absolute atomic E-state index is 5.81. The first kappa shape index (κ1) is 14.5. The van der Waals surface area contributed by atoms with E-state index in [0.717, 1.165) is 34.7 Å². The standard InChI is InChI=1S/C21H19N3/c1-15-5-4-6-17(13-15)21-23-19-7-2-3-8-20(19)24(21)14-16-9-11-18(22)12-10-16/h2-13H,14,22H2,1H3. The van der Waals surface area contributed by atoms with Gasteiger partial charge in [0, 0.05) is 17.8 Å². The van der Waals surface area contributed by atoms with Crippen molar-refractivity contribution in [1.29, 1.82) is 0 Å². The molecule has 118 valence electrons. The number of hydrogen-bond donors (Lipinski definition) is 1. The van der Waals surface area contributed by atoms with Crippen molar-refractivity contribution in [1.82, 2.24) is 9.55 Å². The van der Waals surface area contributed by atoms with Crippen LogP contribution in [0.1, 0.15) is 11.1 Å². The monoisotopic (exact) mass is 313 g/mol. The molecular formula is C21H19N3. The zero-order chi connectivity index (χ0) is 16.5. The molecular weight excluding hydrogens is 294 g/mol. The topological polar surface area (TPSA) is 43.8 Å². The lowest BCUT2D eigenvalue weighted by molar-refractivity contribution is 0.834. The van der Waals surface area contributed by atoms with Gasteiger partial charge in [-0.05, 0) is 42.8 Å². The molecule has 0 saturated carbocycles. The molecule has 24 heavy (non-hydrogen) atoms. The number of aryl methyl sites for hydroxylation is 1. The molecule has 0 saturated heterocycles. The lowest BCUT2D eigenvalue weighted by Crippen LogP contribution is -2.02. The summed E-state index contributed by atoms with van der Waals surface area (Å²) in [6.45, 7) is 2.88. The summed E-state index contributed by atoms with van der Waals surface area (Å²) in [5.41, 5.74) is 12.3. The van der Waals surface area contributed by atoms with E-state index in [1.54, 1.807) is 0 Å². The van der Waals surface area contributed by atoms with Gasteiger partial charge >= 0.3 is 0 Å². The summed E-state index contributed by atoms with van der Waals surface area (Å²) in [5, 5.41) is 0. The fraction of sp³-hybridized carbons (Fsp3) is 0.0952. The summed E-state index contributed by atoms with van der Waals surface area (Å²) >= 11 is 0. The summed E-state index contributed by atoms with van der Waals surface area (Å²) in [6.07, 6.45) is 0. The maximum Gasteiger partial charge on any atom is 0.141 e. The van der Waals surface area contributed by atoms with Crippen molar-refractivity contribution < 1.29 is 0 Å². The Bertz CT molecular complexity index is 997. The maximum atomic E-state index is 5.81. The molecule has 0 amide bonds. The molecule has 0 aliphatic heterocycles. The molecule has 1 aromatic heterocycles. The number of nitrogen functional groups attached to an aromatic ring is 1. The number of rotatable bonds is 3. The average molecular weight is 313 g/mol. The number of para-hydroxylation sites is 2. The third kappa shape index (κ3) is 2.65. The summed E-state index contributed by atoms with van der Waals surface area (Å²) in [6, 6.07) is 24.8. The second kappa shape index (κ2) is 5.85. The first-order valence-electron chi connectivity index (χ1n) is 8.07. The van der Waals surface area contributed by atoms with Gasteiger partial charge in [-0.25, -0.2) is 4.98 Å². The van der Waals surface area contributed by atoms with Crippen molar-refractivity contribution in [3.05, 3.63) is 83.9 Å². The van der Waals surface area contributed by atoms with Gasteiger partial charge in [0.05, 0.1) is 11.0 Å². The Morgan fingerprint density at radius 3 is 2.50 bits per heavy atom. The Labute approximate surface area is 141 Å². The van der Waals surface area contributed by atoms with E-state index in [4.69, 9.17) is 10.7 Å². The summed E-state index contributed by atoms with van der Waals surface area (Å²) in [4.78, 5) is 4.88. The quantitative estimate of drug-likeness (QED) is 0.560. The third-order valence-corrected chi connectivity index (χ3v) is 4.25. The highest BCUT2D eigenvalue weighted by atomic mass is 15.1. The lowest BCUT2D eigenvalue weighted by atomic mass is 10.1. The number of fused-ring (bicyclic) bond motifs is 1. The molecule has 0 radical (unpaired) electrons. The van der Waals surface area contributed by atoms with Gasteiger partial charge in [0.2, 0.25) is 0 Å². The molecule has 3 nitrogen and oxygen atoms in total. The van der Waals surface area contributed by atoms with E-state index in [1.807, 2.05) is 18.2 Å². The Kier molecular flexibility index (Phi) is 3.54. The Balaban J connectivity index is 1.88. The molecule has 0 fully saturated rings. The lowest BCUT2D eigenvalue weighted by Gasteiger charge is -2.10. The minimum atomic E-state index is 0.768. The van der Waals surface area contributed by atoms with Crippen molar-refractivity contribution in [3.8, 4) is 11.4 Å². The Morgan fingerprint density at radius 1 is 0.917 bits per heavy atom. The fourth-order valence-electron chi connectivity index (χ4n) is 3.05. The van der Waals surface area contributed by atoms with Crippen LogP contribution >= 0.6 is 0 Å². The molecule has 2 N–H and O–H groups in total. The molecule has 0 spiro atoms. The minimum Gasteiger partial charge on any atom is -0.399 e. The van der Waals surface area contributed by atoms with Crippen LogP contribution in [0.5, 0.6) is 0 Å². The van der Waals surface area contributed by atoms with Crippen molar-refractivity contribution in [2.24, 2.45) is 0 Å². The van der Waals surface area contributed by atoms with Gasteiger partial charge in [-0.2, -0.15) is 0 Å². The van der Waals surface area contributed by atoms with E-state index in [9.17, 15) is 0 Å². The second-order valence-corrected chi connectivity index (χ2v) is 6.12. The highest BCUT2D eigenvalue weighted by Gasteiger charge is 2.12. The Hall–Kier alpha value is -3.07. The van der Waals surface area contributed by atoms with Crippen LogP contribution in [0.15, 0.2) is 72.8 Å². The van der Waals surface area contributed by atoms with Crippen LogP contribution in [0, 0.1) is 6.92 Å². The molecule has 0 aliphatic carbocycles. The van der Waals surface area contributed by atoms with E-state index in [0.29, 0.717) is 0 Å². The molecule has 4 aromatic rings. The second-order valence-electron chi connectivity index (χ2n) is 6.12. The van der Waals surface area contributed by atoms with E-state index < -0.39 is 0 Å². The Morgan fingerprint density at radius 2 is 1.71 bits per heavy atom. The summed E-state index contributed by atoms with van der Waals surface area (Å²) < 4.78 is 2.27. The van der Waals surface area contributed by atoms with Gasteiger partial charge in [0.1, 0.15) is 5.82 Å². The van der Waals surface area contributed by atoms with Gasteiger partial charge in [-0.15, -0.1) is 0 Å². The molecule has 0 atom stereocenters. The van der Waals surface area contributed by atoms with Crippen molar-refractivity contribution in [3.63, 3.8) is 0 Å². The van der Waals surface area contributed by atoms with E-state index in [2.05, 4.69) is 66.1 Å².